The lowest BCUT2D eigenvalue weighted by atomic mass is 10.2. The number of para-hydroxylation sites is 2. The van der Waals surface area contributed by atoms with Gasteiger partial charge in [0.1, 0.15) is 5.82 Å². The number of hydrogen-bond acceptors (Lipinski definition) is 3. The maximum atomic E-state index is 11.8. The summed E-state index contributed by atoms with van der Waals surface area (Å²) in [6.07, 6.45) is 1.22. The van der Waals surface area contributed by atoms with Gasteiger partial charge in [0.05, 0.1) is 23.1 Å². The van der Waals surface area contributed by atoms with E-state index in [1.807, 2.05) is 42.7 Å². The Bertz CT molecular complexity index is 703. The Morgan fingerprint density at radius 2 is 2.00 bits per heavy atom. The highest BCUT2D eigenvalue weighted by molar-refractivity contribution is 5.87. The van der Waals surface area contributed by atoms with Crippen LogP contribution in [0.5, 0.6) is 0 Å². The maximum absolute atomic E-state index is 11.8. The van der Waals surface area contributed by atoms with E-state index in [0.717, 1.165) is 11.0 Å². The lowest BCUT2D eigenvalue weighted by Gasteiger charge is -2.19. The highest BCUT2D eigenvalue weighted by Crippen LogP contribution is 2.25. The largest absolute Gasteiger partial charge is 0.343 e. The fourth-order valence-electron chi connectivity index (χ4n) is 2.29. The fraction of sp³-hybridized carbons (Fsp3) is 0.312. The van der Waals surface area contributed by atoms with Gasteiger partial charge in [-0.15, -0.1) is 0 Å². The van der Waals surface area contributed by atoms with E-state index < -0.39 is 0 Å². The van der Waals surface area contributed by atoms with Crippen LogP contribution in [-0.4, -0.2) is 21.2 Å². The van der Waals surface area contributed by atoms with Crippen molar-refractivity contribution in [2.24, 2.45) is 0 Å². The van der Waals surface area contributed by atoms with Crippen LogP contribution in [0.1, 0.15) is 38.7 Å². The van der Waals surface area contributed by atoms with Crippen molar-refractivity contribution < 1.29 is 9.59 Å². The Morgan fingerprint density at radius 1 is 1.33 bits per heavy atom. The van der Waals surface area contributed by atoms with Gasteiger partial charge in [-0.3, -0.25) is 9.59 Å². The minimum atomic E-state index is -0.338. The molecule has 0 radical (unpaired) electrons. The van der Waals surface area contributed by atoms with Crippen LogP contribution in [0.2, 0.25) is 0 Å². The molecule has 0 bridgehead atoms. The molecular weight excluding hydrogens is 266 g/mol. The number of hydrogen-bond donors (Lipinski definition) is 1. The van der Waals surface area contributed by atoms with Crippen molar-refractivity contribution in [2.75, 3.05) is 0 Å². The average molecular weight is 285 g/mol. The molecule has 0 fully saturated rings. The quantitative estimate of drug-likeness (QED) is 0.859. The zero-order valence-corrected chi connectivity index (χ0v) is 12.5. The second kappa shape index (κ2) is 5.91. The molecule has 2 unspecified atom stereocenters. The molecule has 0 aliphatic carbocycles. The van der Waals surface area contributed by atoms with Gasteiger partial charge in [0.15, 0.2) is 5.78 Å². The third kappa shape index (κ3) is 2.86. The lowest BCUT2D eigenvalue weighted by Crippen LogP contribution is -2.28. The molecule has 2 rings (SSSR count). The molecule has 2 atom stereocenters. The van der Waals surface area contributed by atoms with Gasteiger partial charge in [0.25, 0.3) is 0 Å². The first kappa shape index (κ1) is 15.0. The number of nitrogens with zero attached hydrogens (tertiary/aromatic N) is 2. The van der Waals surface area contributed by atoms with Gasteiger partial charge in [-0.2, -0.15) is 0 Å². The molecule has 0 saturated carbocycles. The Morgan fingerprint density at radius 3 is 2.62 bits per heavy atom. The minimum Gasteiger partial charge on any atom is -0.343 e. The van der Waals surface area contributed by atoms with Crippen LogP contribution in [0, 0.1) is 0 Å². The van der Waals surface area contributed by atoms with E-state index in [0.29, 0.717) is 5.82 Å². The number of benzene rings is 1. The summed E-state index contributed by atoms with van der Waals surface area (Å²) in [4.78, 5) is 27.8. The second-order valence-electron chi connectivity index (χ2n) is 5.05. The summed E-state index contributed by atoms with van der Waals surface area (Å²) in [5, 5.41) is 2.79. The summed E-state index contributed by atoms with van der Waals surface area (Å²) in [5.74, 6) is 0.437. The molecule has 0 aliphatic rings. The number of fused-ring (bicyclic) bond motifs is 1. The first-order chi connectivity index (χ1) is 9.95. The molecule has 0 spiro atoms. The number of imidazole rings is 1. The third-order valence-corrected chi connectivity index (χ3v) is 3.53. The molecule has 110 valence electrons. The van der Waals surface area contributed by atoms with Crippen molar-refractivity contribution in [1.29, 1.82) is 0 Å². The number of rotatable bonds is 5. The van der Waals surface area contributed by atoms with Crippen LogP contribution in [0.25, 0.3) is 11.0 Å². The molecule has 1 aromatic carbocycles. The molecule has 5 nitrogen and oxygen atoms in total. The summed E-state index contributed by atoms with van der Waals surface area (Å²) in [6, 6.07) is 6.97. The van der Waals surface area contributed by atoms with Gasteiger partial charge in [-0.05, 0) is 39.0 Å². The normalized spacial score (nSPS) is 13.7. The van der Waals surface area contributed by atoms with Gasteiger partial charge < -0.3 is 9.88 Å². The van der Waals surface area contributed by atoms with E-state index in [-0.39, 0.29) is 23.8 Å². The number of Topliss-reactive ketones (excluding diaryl/α,β-unsaturated/α-hetero) is 1. The maximum Gasteiger partial charge on any atom is 0.243 e. The summed E-state index contributed by atoms with van der Waals surface area (Å²) in [7, 11) is 0. The molecule has 1 N–H and O–H groups in total. The lowest BCUT2D eigenvalue weighted by molar-refractivity contribution is -0.119. The predicted octanol–water partition coefficient (Wildman–Crippen LogP) is 2.55. The summed E-state index contributed by atoms with van der Waals surface area (Å²) < 4.78 is 1.88. The number of nitrogens with one attached hydrogen (secondary N) is 1. The third-order valence-electron chi connectivity index (χ3n) is 3.53. The van der Waals surface area contributed by atoms with Gasteiger partial charge in [0.2, 0.25) is 5.91 Å². The van der Waals surface area contributed by atoms with Crippen LogP contribution >= 0.6 is 0 Å². The number of ketones is 1. The van der Waals surface area contributed by atoms with Crippen molar-refractivity contribution in [3.63, 3.8) is 0 Å². The van der Waals surface area contributed by atoms with Crippen molar-refractivity contribution in [2.45, 2.75) is 32.9 Å². The van der Waals surface area contributed by atoms with Crippen molar-refractivity contribution in [3.05, 3.63) is 42.7 Å². The monoisotopic (exact) mass is 285 g/mol. The van der Waals surface area contributed by atoms with Crippen LogP contribution in [-0.2, 0) is 9.59 Å². The molecule has 0 saturated heterocycles. The molecule has 1 aromatic heterocycles. The molecule has 1 amide bonds. The van der Waals surface area contributed by atoms with Gasteiger partial charge in [0, 0.05) is 0 Å². The number of carbonyl (C=O) groups is 2. The zero-order valence-electron chi connectivity index (χ0n) is 12.5. The molecular formula is C16H19N3O2. The Labute approximate surface area is 123 Å². The summed E-state index contributed by atoms with van der Waals surface area (Å²) in [6.45, 7) is 8.67. The topological polar surface area (TPSA) is 64.0 Å². The standard InChI is InChI=1S/C16H19N3O2/c1-5-15(21)17-10(2)16-18-13-8-6-7-9-14(13)19(16)11(3)12(4)20/h5-11H,1H2,2-4H3,(H,17,21). The second-order valence-corrected chi connectivity index (χ2v) is 5.05. The van der Waals surface area contributed by atoms with Crippen molar-refractivity contribution in [1.82, 2.24) is 14.9 Å². The van der Waals surface area contributed by atoms with E-state index >= 15 is 0 Å². The molecule has 21 heavy (non-hydrogen) atoms. The number of carbonyl (C=O) groups excluding carboxylic acids is 2. The average Bonchev–Trinajstić information content (AvgIpc) is 2.85. The first-order valence-corrected chi connectivity index (χ1v) is 6.86. The van der Waals surface area contributed by atoms with Crippen molar-refractivity contribution >= 4 is 22.7 Å². The van der Waals surface area contributed by atoms with E-state index in [4.69, 9.17) is 0 Å². The van der Waals surface area contributed by atoms with Crippen LogP contribution < -0.4 is 5.32 Å². The predicted molar refractivity (Wildman–Crippen MR) is 81.9 cm³/mol. The Kier molecular flexibility index (Phi) is 4.21. The Hall–Kier alpha value is -2.43. The van der Waals surface area contributed by atoms with Gasteiger partial charge in [-0.1, -0.05) is 18.7 Å². The molecule has 0 aliphatic heterocycles. The molecule has 1 heterocycles. The first-order valence-electron chi connectivity index (χ1n) is 6.86. The molecule has 5 heteroatoms. The van der Waals surface area contributed by atoms with E-state index in [9.17, 15) is 9.59 Å². The van der Waals surface area contributed by atoms with Crippen LogP contribution in [0.15, 0.2) is 36.9 Å². The van der Waals surface area contributed by atoms with E-state index in [2.05, 4.69) is 16.9 Å². The number of amides is 1. The highest BCUT2D eigenvalue weighted by Gasteiger charge is 2.22. The van der Waals surface area contributed by atoms with Crippen molar-refractivity contribution in [3.8, 4) is 0 Å². The van der Waals surface area contributed by atoms with E-state index in [1.54, 1.807) is 6.92 Å². The smallest absolute Gasteiger partial charge is 0.243 e. The summed E-state index contributed by atoms with van der Waals surface area (Å²) in [5.41, 5.74) is 1.69. The van der Waals surface area contributed by atoms with E-state index in [1.165, 1.54) is 6.08 Å². The van der Waals surface area contributed by atoms with Gasteiger partial charge in [-0.25, -0.2) is 4.98 Å². The summed E-state index contributed by atoms with van der Waals surface area (Å²) >= 11 is 0. The zero-order chi connectivity index (χ0) is 15.6. The van der Waals surface area contributed by atoms with Crippen LogP contribution in [0.3, 0.4) is 0 Å². The minimum absolute atomic E-state index is 0.0432. The van der Waals surface area contributed by atoms with Gasteiger partial charge >= 0.3 is 0 Å². The fourth-order valence-corrected chi connectivity index (χ4v) is 2.29. The highest BCUT2D eigenvalue weighted by atomic mass is 16.1. The Balaban J connectivity index is 2.56. The molecule has 2 aromatic rings. The SMILES string of the molecule is C=CC(=O)NC(C)c1nc2ccccc2n1C(C)C(C)=O. The van der Waals surface area contributed by atoms with Crippen LogP contribution in [0.4, 0.5) is 0 Å². The number of aromatic nitrogens is 2.